The Labute approximate surface area is 154 Å². The predicted molar refractivity (Wildman–Crippen MR) is 99.1 cm³/mol. The van der Waals surface area contributed by atoms with Crippen LogP contribution in [-0.4, -0.2) is 61.9 Å². The third-order valence-electron chi connectivity index (χ3n) is 4.14. The van der Waals surface area contributed by atoms with Gasteiger partial charge in [0.25, 0.3) is 0 Å². The summed E-state index contributed by atoms with van der Waals surface area (Å²) in [6.45, 7) is 2.80. The number of anilines is 1. The zero-order valence-electron chi connectivity index (χ0n) is 14.0. The number of carbonyl (C=O) groups is 1. The normalized spacial score (nSPS) is 14.9. The lowest BCUT2D eigenvalue weighted by molar-refractivity contribution is -0.126. The fourth-order valence-corrected chi connectivity index (χ4v) is 3.35. The quantitative estimate of drug-likeness (QED) is 0.650. The number of aromatic nitrogens is 5. The molecular formula is C17H17N7OS. The smallest absolute Gasteiger partial charge is 0.246 e. The standard InChI is InChI=1S/C17H17N7OS/c25-17(6-3-14-2-1-11-26-14)23-9-7-22(8-10-23)15-4-5-16(21-20-15)24-13-18-12-19-24/h1-6,11-13H,7-10H2/b6-3+. The zero-order chi connectivity index (χ0) is 17.8. The molecule has 0 bridgehead atoms. The van der Waals surface area contributed by atoms with Gasteiger partial charge in [0, 0.05) is 37.1 Å². The summed E-state index contributed by atoms with van der Waals surface area (Å²) in [5, 5.41) is 14.5. The predicted octanol–water partition coefficient (Wildman–Crippen LogP) is 1.48. The third kappa shape index (κ3) is 3.62. The van der Waals surface area contributed by atoms with Gasteiger partial charge in [0.1, 0.15) is 12.7 Å². The molecular weight excluding hydrogens is 350 g/mol. The molecule has 1 aliphatic heterocycles. The zero-order valence-corrected chi connectivity index (χ0v) is 14.8. The van der Waals surface area contributed by atoms with Gasteiger partial charge in [-0.05, 0) is 29.7 Å². The van der Waals surface area contributed by atoms with Crippen molar-refractivity contribution in [3.63, 3.8) is 0 Å². The molecule has 8 nitrogen and oxygen atoms in total. The Morgan fingerprint density at radius 3 is 2.54 bits per heavy atom. The molecule has 0 N–H and O–H groups in total. The van der Waals surface area contributed by atoms with Crippen molar-refractivity contribution in [1.82, 2.24) is 29.9 Å². The lowest BCUT2D eigenvalue weighted by Gasteiger charge is -2.34. The molecule has 1 aliphatic rings. The van der Waals surface area contributed by atoms with Crippen LogP contribution in [0.25, 0.3) is 11.9 Å². The highest BCUT2D eigenvalue weighted by Crippen LogP contribution is 2.15. The Morgan fingerprint density at radius 2 is 1.88 bits per heavy atom. The summed E-state index contributed by atoms with van der Waals surface area (Å²) in [6, 6.07) is 7.74. The minimum absolute atomic E-state index is 0.0469. The van der Waals surface area contributed by atoms with E-state index in [1.807, 2.05) is 40.6 Å². The van der Waals surface area contributed by atoms with Crippen LogP contribution >= 0.6 is 11.3 Å². The molecule has 0 atom stereocenters. The van der Waals surface area contributed by atoms with E-state index < -0.39 is 0 Å². The van der Waals surface area contributed by atoms with Crippen LogP contribution in [0.4, 0.5) is 5.82 Å². The molecule has 4 heterocycles. The molecule has 26 heavy (non-hydrogen) atoms. The molecule has 3 aromatic heterocycles. The van der Waals surface area contributed by atoms with Crippen molar-refractivity contribution in [1.29, 1.82) is 0 Å². The van der Waals surface area contributed by atoms with Gasteiger partial charge in [-0.25, -0.2) is 9.67 Å². The number of amides is 1. The Balaban J connectivity index is 1.34. The minimum Gasteiger partial charge on any atom is -0.352 e. The molecule has 0 spiro atoms. The van der Waals surface area contributed by atoms with Crippen LogP contribution in [0.2, 0.25) is 0 Å². The Morgan fingerprint density at radius 1 is 1.08 bits per heavy atom. The topological polar surface area (TPSA) is 80.0 Å². The van der Waals surface area contributed by atoms with Crippen LogP contribution in [0.15, 0.2) is 48.4 Å². The fraction of sp³-hybridized carbons (Fsp3) is 0.235. The van der Waals surface area contributed by atoms with Crippen LogP contribution < -0.4 is 4.90 Å². The highest BCUT2D eigenvalue weighted by atomic mass is 32.1. The van der Waals surface area contributed by atoms with E-state index in [9.17, 15) is 4.79 Å². The molecule has 0 aromatic carbocycles. The number of nitrogens with zero attached hydrogens (tertiary/aromatic N) is 7. The highest BCUT2D eigenvalue weighted by molar-refractivity contribution is 7.10. The van der Waals surface area contributed by atoms with E-state index in [1.54, 1.807) is 28.4 Å². The van der Waals surface area contributed by atoms with Gasteiger partial charge in [-0.1, -0.05) is 6.07 Å². The summed E-state index contributed by atoms with van der Waals surface area (Å²) < 4.78 is 1.56. The summed E-state index contributed by atoms with van der Waals surface area (Å²) >= 11 is 1.62. The molecule has 0 saturated carbocycles. The van der Waals surface area contributed by atoms with Crippen LogP contribution in [0.5, 0.6) is 0 Å². The summed E-state index contributed by atoms with van der Waals surface area (Å²) in [6.07, 6.45) is 6.55. The maximum absolute atomic E-state index is 12.3. The largest absolute Gasteiger partial charge is 0.352 e. The SMILES string of the molecule is O=C(/C=C/c1cccs1)N1CCN(c2ccc(-n3cncn3)nn2)CC1. The van der Waals surface area contributed by atoms with Gasteiger partial charge in [0.05, 0.1) is 0 Å². The maximum Gasteiger partial charge on any atom is 0.246 e. The van der Waals surface area contributed by atoms with Gasteiger partial charge < -0.3 is 9.80 Å². The first-order valence-electron chi connectivity index (χ1n) is 8.24. The summed E-state index contributed by atoms with van der Waals surface area (Å²) in [5.41, 5.74) is 0. The van der Waals surface area contributed by atoms with E-state index in [0.717, 1.165) is 23.8 Å². The third-order valence-corrected chi connectivity index (χ3v) is 4.98. The van der Waals surface area contributed by atoms with E-state index in [-0.39, 0.29) is 5.91 Å². The molecule has 132 valence electrons. The Hall–Kier alpha value is -3.07. The average Bonchev–Trinajstić information content (AvgIpc) is 3.40. The van der Waals surface area contributed by atoms with Crippen molar-refractivity contribution < 1.29 is 4.79 Å². The van der Waals surface area contributed by atoms with Crippen molar-refractivity contribution in [2.24, 2.45) is 0 Å². The number of hydrogen-bond donors (Lipinski definition) is 0. The van der Waals surface area contributed by atoms with Crippen LogP contribution in [0, 0.1) is 0 Å². The van der Waals surface area contributed by atoms with Crippen molar-refractivity contribution in [2.75, 3.05) is 31.1 Å². The number of carbonyl (C=O) groups excluding carboxylic acids is 1. The van der Waals surface area contributed by atoms with E-state index in [4.69, 9.17) is 0 Å². The molecule has 3 aromatic rings. The number of thiophene rings is 1. The molecule has 4 rings (SSSR count). The summed E-state index contributed by atoms with van der Waals surface area (Å²) in [7, 11) is 0. The minimum atomic E-state index is 0.0469. The molecule has 1 fully saturated rings. The first-order valence-corrected chi connectivity index (χ1v) is 9.12. The molecule has 1 amide bonds. The van der Waals surface area contributed by atoms with E-state index in [1.165, 1.54) is 6.33 Å². The van der Waals surface area contributed by atoms with Crippen LogP contribution in [0.3, 0.4) is 0 Å². The van der Waals surface area contributed by atoms with Gasteiger partial charge in [-0.2, -0.15) is 5.10 Å². The molecule has 0 radical (unpaired) electrons. The van der Waals surface area contributed by atoms with Gasteiger partial charge in [0.15, 0.2) is 11.6 Å². The number of rotatable bonds is 4. The van der Waals surface area contributed by atoms with Gasteiger partial charge in [-0.15, -0.1) is 21.5 Å². The second-order valence-corrected chi connectivity index (χ2v) is 6.73. The molecule has 9 heteroatoms. The van der Waals surface area contributed by atoms with Crippen LogP contribution in [-0.2, 0) is 4.79 Å². The summed E-state index contributed by atoms with van der Waals surface area (Å²) in [5.74, 6) is 1.47. The lowest BCUT2D eigenvalue weighted by atomic mass is 10.3. The van der Waals surface area contributed by atoms with Crippen molar-refractivity contribution in [3.05, 3.63) is 53.3 Å². The Bertz CT molecular complexity index is 866. The first kappa shape index (κ1) is 16.4. The second-order valence-electron chi connectivity index (χ2n) is 5.75. The van der Waals surface area contributed by atoms with Gasteiger partial charge in [-0.3, -0.25) is 4.79 Å². The van der Waals surface area contributed by atoms with Gasteiger partial charge >= 0.3 is 0 Å². The van der Waals surface area contributed by atoms with Crippen LogP contribution in [0.1, 0.15) is 4.88 Å². The van der Waals surface area contributed by atoms with E-state index in [0.29, 0.717) is 18.9 Å². The fourth-order valence-electron chi connectivity index (χ4n) is 2.74. The number of piperazine rings is 1. The monoisotopic (exact) mass is 367 g/mol. The molecule has 0 aliphatic carbocycles. The average molecular weight is 367 g/mol. The maximum atomic E-state index is 12.3. The molecule has 1 saturated heterocycles. The lowest BCUT2D eigenvalue weighted by Crippen LogP contribution is -2.48. The van der Waals surface area contributed by atoms with Crippen molar-refractivity contribution in [3.8, 4) is 5.82 Å². The van der Waals surface area contributed by atoms with Crippen molar-refractivity contribution in [2.45, 2.75) is 0 Å². The molecule has 0 unspecified atom stereocenters. The second kappa shape index (κ2) is 7.44. The van der Waals surface area contributed by atoms with E-state index >= 15 is 0 Å². The van der Waals surface area contributed by atoms with Crippen molar-refractivity contribution >= 4 is 29.1 Å². The highest BCUT2D eigenvalue weighted by Gasteiger charge is 2.20. The summed E-state index contributed by atoms with van der Waals surface area (Å²) in [4.78, 5) is 21.3. The first-order chi connectivity index (χ1) is 12.8. The Kier molecular flexibility index (Phi) is 4.69. The number of hydrogen-bond acceptors (Lipinski definition) is 7. The van der Waals surface area contributed by atoms with Gasteiger partial charge in [0.2, 0.25) is 5.91 Å². The van der Waals surface area contributed by atoms with E-state index in [2.05, 4.69) is 25.2 Å².